The smallest absolute Gasteiger partial charge is 0.0931 e. The number of nitrogens with zero attached hydrogens (tertiary/aromatic N) is 2. The summed E-state index contributed by atoms with van der Waals surface area (Å²) >= 11 is 0. The Balaban J connectivity index is 4.05. The fourth-order valence-corrected chi connectivity index (χ4v) is 1.94. The van der Waals surface area contributed by atoms with Gasteiger partial charge in [0, 0.05) is 13.1 Å². The maximum atomic E-state index is 2.64. The van der Waals surface area contributed by atoms with Crippen LogP contribution in [0.25, 0.3) is 0 Å². The van der Waals surface area contributed by atoms with Gasteiger partial charge in [-0.15, -0.1) is 0 Å². The van der Waals surface area contributed by atoms with Gasteiger partial charge in [0.25, 0.3) is 0 Å². The molecule has 0 heterocycles. The molecule has 16 heavy (non-hydrogen) atoms. The molecule has 0 spiro atoms. The first-order valence-corrected chi connectivity index (χ1v) is 7.16. The van der Waals surface area contributed by atoms with Gasteiger partial charge in [-0.2, -0.15) is 5.01 Å². The van der Waals surface area contributed by atoms with E-state index >= 15 is 0 Å². The van der Waals surface area contributed by atoms with E-state index in [-0.39, 0.29) is 0 Å². The molecule has 2 heteroatoms. The maximum Gasteiger partial charge on any atom is 0.0931 e. The zero-order valence-electron chi connectivity index (χ0n) is 12.3. The lowest BCUT2D eigenvalue weighted by molar-refractivity contribution is -1.00. The van der Waals surface area contributed by atoms with Gasteiger partial charge in [0.05, 0.1) is 20.6 Å². The highest BCUT2D eigenvalue weighted by Gasteiger charge is 2.22. The molecular weight excluding hydrogens is 196 g/mol. The highest BCUT2D eigenvalue weighted by molar-refractivity contribution is 4.49. The number of unbranched alkanes of at least 4 members (excludes halogenated alkanes) is 4. The SMILES string of the molecule is CCCCCN(CCCCC)[N+](C)(C)CC. The third-order valence-corrected chi connectivity index (χ3v) is 3.58. The normalized spacial score (nSPS) is 12.4. The molecule has 0 atom stereocenters. The highest BCUT2D eigenvalue weighted by atomic mass is 15.7. The fourth-order valence-electron chi connectivity index (χ4n) is 1.94. The van der Waals surface area contributed by atoms with Gasteiger partial charge in [0.2, 0.25) is 0 Å². The second kappa shape index (κ2) is 9.00. The van der Waals surface area contributed by atoms with Gasteiger partial charge in [0.15, 0.2) is 0 Å². The minimum absolute atomic E-state index is 1.05. The molecule has 0 unspecified atom stereocenters. The van der Waals surface area contributed by atoms with Crippen molar-refractivity contribution in [3.8, 4) is 0 Å². The van der Waals surface area contributed by atoms with Crippen LogP contribution in [0, 0.1) is 0 Å². The van der Waals surface area contributed by atoms with Crippen LogP contribution in [0.2, 0.25) is 0 Å². The van der Waals surface area contributed by atoms with Gasteiger partial charge in [-0.3, -0.25) is 0 Å². The lowest BCUT2D eigenvalue weighted by atomic mass is 10.2. The molecule has 0 rings (SSSR count). The van der Waals surface area contributed by atoms with Crippen molar-refractivity contribution < 1.29 is 4.59 Å². The summed E-state index contributed by atoms with van der Waals surface area (Å²) in [6.07, 6.45) is 8.08. The van der Waals surface area contributed by atoms with E-state index in [1.54, 1.807) is 0 Å². The van der Waals surface area contributed by atoms with Crippen molar-refractivity contribution in [2.45, 2.75) is 59.3 Å². The van der Waals surface area contributed by atoms with Crippen LogP contribution in [0.15, 0.2) is 0 Å². The van der Waals surface area contributed by atoms with E-state index in [1.807, 2.05) is 0 Å². The molecule has 0 amide bonds. The van der Waals surface area contributed by atoms with E-state index in [0.717, 1.165) is 4.59 Å². The largest absolute Gasteiger partial charge is 0.248 e. The first kappa shape index (κ1) is 15.9. The van der Waals surface area contributed by atoms with Crippen molar-refractivity contribution in [2.24, 2.45) is 0 Å². The Kier molecular flexibility index (Phi) is 8.96. The third-order valence-electron chi connectivity index (χ3n) is 3.58. The van der Waals surface area contributed by atoms with Crippen LogP contribution in [-0.2, 0) is 0 Å². The molecule has 0 fully saturated rings. The maximum absolute atomic E-state index is 2.64. The molecule has 0 saturated heterocycles. The van der Waals surface area contributed by atoms with E-state index in [1.165, 1.54) is 58.2 Å². The summed E-state index contributed by atoms with van der Waals surface area (Å²) in [5.74, 6) is 0. The molecule has 0 N–H and O–H groups in total. The zero-order chi connectivity index (χ0) is 12.4. The van der Waals surface area contributed by atoms with Gasteiger partial charge in [-0.05, 0) is 19.8 Å². The van der Waals surface area contributed by atoms with Crippen molar-refractivity contribution in [3.05, 3.63) is 0 Å². The van der Waals surface area contributed by atoms with E-state index in [2.05, 4.69) is 39.9 Å². The third kappa shape index (κ3) is 6.49. The Bertz CT molecular complexity index is 145. The minimum Gasteiger partial charge on any atom is -0.248 e. The monoisotopic (exact) mass is 229 g/mol. The predicted molar refractivity (Wildman–Crippen MR) is 73.3 cm³/mol. The van der Waals surface area contributed by atoms with Crippen LogP contribution in [-0.4, -0.2) is 43.3 Å². The van der Waals surface area contributed by atoms with E-state index in [0.29, 0.717) is 0 Å². The van der Waals surface area contributed by atoms with Crippen molar-refractivity contribution in [1.82, 2.24) is 5.01 Å². The zero-order valence-corrected chi connectivity index (χ0v) is 12.3. The summed E-state index contributed by atoms with van der Waals surface area (Å²) in [6.45, 7) is 10.6. The molecule has 0 aromatic rings. The molecule has 0 saturated carbocycles. The summed E-state index contributed by atoms with van der Waals surface area (Å²) in [7, 11) is 4.66. The topological polar surface area (TPSA) is 3.24 Å². The van der Waals surface area contributed by atoms with E-state index in [4.69, 9.17) is 0 Å². The molecule has 0 aliphatic heterocycles. The average Bonchev–Trinajstić information content (AvgIpc) is 2.27. The molecular formula is C14H33N2+. The number of rotatable bonds is 10. The number of hydrogen-bond donors (Lipinski definition) is 0. The highest BCUT2D eigenvalue weighted by Crippen LogP contribution is 2.10. The number of quaternary nitrogens is 1. The van der Waals surface area contributed by atoms with Crippen molar-refractivity contribution >= 4 is 0 Å². The quantitative estimate of drug-likeness (QED) is 0.314. The summed E-state index contributed by atoms with van der Waals surface area (Å²) in [5, 5.41) is 2.64. The molecule has 0 radical (unpaired) electrons. The van der Waals surface area contributed by atoms with E-state index in [9.17, 15) is 0 Å². The Labute approximate surface area is 103 Å². The Morgan fingerprint density at radius 1 is 0.750 bits per heavy atom. The molecule has 2 nitrogen and oxygen atoms in total. The lowest BCUT2D eigenvalue weighted by Crippen LogP contribution is -2.55. The first-order valence-electron chi connectivity index (χ1n) is 7.16. The summed E-state index contributed by atoms with van der Waals surface area (Å²) in [6, 6.07) is 0. The van der Waals surface area contributed by atoms with Gasteiger partial charge < -0.3 is 0 Å². The van der Waals surface area contributed by atoms with Crippen LogP contribution >= 0.6 is 0 Å². The standard InChI is InChI=1S/C14H33N2/c1-6-9-11-13-15(14-12-10-7-2)16(4,5)8-3/h6-14H2,1-5H3/q+1. The van der Waals surface area contributed by atoms with Crippen molar-refractivity contribution in [3.63, 3.8) is 0 Å². The van der Waals surface area contributed by atoms with Gasteiger partial charge in [-0.25, -0.2) is 4.59 Å². The van der Waals surface area contributed by atoms with E-state index < -0.39 is 0 Å². The van der Waals surface area contributed by atoms with Crippen molar-refractivity contribution in [2.75, 3.05) is 33.7 Å². The first-order chi connectivity index (χ1) is 7.58. The van der Waals surface area contributed by atoms with Crippen LogP contribution in [0.4, 0.5) is 0 Å². The van der Waals surface area contributed by atoms with Crippen molar-refractivity contribution in [1.29, 1.82) is 0 Å². The second-order valence-electron chi connectivity index (χ2n) is 5.31. The fraction of sp³-hybridized carbons (Fsp3) is 1.00. The van der Waals surface area contributed by atoms with Gasteiger partial charge in [0.1, 0.15) is 0 Å². The molecule has 0 bridgehead atoms. The summed E-state index contributed by atoms with van der Waals surface area (Å²) in [4.78, 5) is 0. The number of hydrogen-bond acceptors (Lipinski definition) is 1. The summed E-state index contributed by atoms with van der Waals surface area (Å²) < 4.78 is 1.05. The molecule has 0 aliphatic carbocycles. The molecule has 0 aliphatic rings. The van der Waals surface area contributed by atoms with Crippen LogP contribution in [0.3, 0.4) is 0 Å². The minimum atomic E-state index is 1.05. The molecule has 98 valence electrons. The Hall–Kier alpha value is -0.0800. The average molecular weight is 229 g/mol. The second-order valence-corrected chi connectivity index (χ2v) is 5.31. The summed E-state index contributed by atoms with van der Waals surface area (Å²) in [5.41, 5.74) is 0. The van der Waals surface area contributed by atoms with Gasteiger partial charge >= 0.3 is 0 Å². The lowest BCUT2D eigenvalue weighted by Gasteiger charge is -2.39. The molecule has 0 aromatic carbocycles. The Morgan fingerprint density at radius 2 is 1.19 bits per heavy atom. The van der Waals surface area contributed by atoms with Gasteiger partial charge in [-0.1, -0.05) is 39.5 Å². The predicted octanol–water partition coefficient (Wildman–Crippen LogP) is 3.68. The Morgan fingerprint density at radius 3 is 1.50 bits per heavy atom. The van der Waals surface area contributed by atoms with Crippen LogP contribution in [0.5, 0.6) is 0 Å². The molecule has 0 aromatic heterocycles. The van der Waals surface area contributed by atoms with Crippen LogP contribution < -0.4 is 0 Å². The van der Waals surface area contributed by atoms with Crippen LogP contribution in [0.1, 0.15) is 59.3 Å².